The van der Waals surface area contributed by atoms with Gasteiger partial charge >= 0.3 is 0 Å². The van der Waals surface area contributed by atoms with E-state index in [2.05, 4.69) is 13.8 Å². The average molecular weight is 351 g/mol. The van der Waals surface area contributed by atoms with E-state index in [0.29, 0.717) is 0 Å². The van der Waals surface area contributed by atoms with E-state index < -0.39 is 0 Å². The Hall–Kier alpha value is -0.0400. The molecule has 2 rings (SSSR count). The summed E-state index contributed by atoms with van der Waals surface area (Å²) in [6.07, 6.45) is 23.0. The Bertz CT molecular complexity index is 271. The van der Waals surface area contributed by atoms with Crippen molar-refractivity contribution in [2.45, 2.75) is 117 Å². The first kappa shape index (κ1) is 21.3. The van der Waals surface area contributed by atoms with Crippen LogP contribution in [-0.4, -0.2) is 13.2 Å². The van der Waals surface area contributed by atoms with Gasteiger partial charge in [-0.05, 0) is 36.5 Å². The lowest BCUT2D eigenvalue weighted by atomic mass is 9.88. The van der Waals surface area contributed by atoms with Crippen molar-refractivity contribution in [2.24, 2.45) is 23.7 Å². The second-order valence-electron chi connectivity index (χ2n) is 9.35. The molecule has 148 valence electrons. The van der Waals surface area contributed by atoms with Crippen LogP contribution in [0, 0.1) is 23.7 Å². The van der Waals surface area contributed by atoms with Crippen LogP contribution in [0.1, 0.15) is 117 Å². The third-order valence-corrected chi connectivity index (χ3v) is 7.31. The van der Waals surface area contributed by atoms with Crippen molar-refractivity contribution in [1.82, 2.24) is 0 Å². The molecular formula is C24H46O. The number of hydrogen-bond donors (Lipinski definition) is 0. The summed E-state index contributed by atoms with van der Waals surface area (Å²) in [5, 5.41) is 0. The monoisotopic (exact) mass is 350 g/mol. The summed E-state index contributed by atoms with van der Waals surface area (Å²) in [6.45, 7) is 6.96. The Kier molecular flexibility index (Phi) is 11.2. The molecule has 2 fully saturated rings. The Balaban J connectivity index is 1.29. The molecule has 0 bridgehead atoms. The summed E-state index contributed by atoms with van der Waals surface area (Å²) in [5.74, 6) is 4.03. The summed E-state index contributed by atoms with van der Waals surface area (Å²) in [6, 6.07) is 0. The first-order valence-corrected chi connectivity index (χ1v) is 11.8. The van der Waals surface area contributed by atoms with Gasteiger partial charge in [-0.3, -0.25) is 0 Å². The van der Waals surface area contributed by atoms with Crippen LogP contribution in [0.3, 0.4) is 0 Å². The van der Waals surface area contributed by atoms with E-state index in [9.17, 15) is 0 Å². The Morgan fingerprint density at radius 2 is 1.00 bits per heavy atom. The maximum absolute atomic E-state index is 5.85. The van der Waals surface area contributed by atoms with Crippen LogP contribution in [0.4, 0.5) is 0 Å². The van der Waals surface area contributed by atoms with E-state index in [1.165, 1.54) is 103 Å². The molecule has 0 saturated heterocycles. The zero-order valence-corrected chi connectivity index (χ0v) is 17.4. The zero-order valence-electron chi connectivity index (χ0n) is 17.4. The number of hydrogen-bond acceptors (Lipinski definition) is 1. The quantitative estimate of drug-likeness (QED) is 0.291. The van der Waals surface area contributed by atoms with Crippen LogP contribution in [0.2, 0.25) is 0 Å². The highest BCUT2D eigenvalue weighted by Gasteiger charge is 2.21. The lowest BCUT2D eigenvalue weighted by Crippen LogP contribution is -2.08. The normalized spacial score (nSPS) is 21.8. The predicted octanol–water partition coefficient (Wildman–Crippen LogP) is 7.78. The standard InChI is InChI=1S/C24H46O/c1-21(23-15-7-8-16-23)13-5-3-11-19-25-20-12-4-6-14-22(2)24-17-9-10-18-24/h21-24H,3-20H2,1-2H3. The molecule has 0 spiro atoms. The van der Waals surface area contributed by atoms with Crippen molar-refractivity contribution in [1.29, 1.82) is 0 Å². The van der Waals surface area contributed by atoms with Crippen molar-refractivity contribution in [3.63, 3.8) is 0 Å². The van der Waals surface area contributed by atoms with Gasteiger partial charge in [-0.15, -0.1) is 0 Å². The van der Waals surface area contributed by atoms with Crippen molar-refractivity contribution < 1.29 is 4.74 Å². The van der Waals surface area contributed by atoms with Gasteiger partial charge in [-0.1, -0.05) is 104 Å². The van der Waals surface area contributed by atoms with E-state index in [1.807, 2.05) is 0 Å². The fourth-order valence-electron chi connectivity index (χ4n) is 5.32. The lowest BCUT2D eigenvalue weighted by Gasteiger charge is -2.18. The van der Waals surface area contributed by atoms with Crippen molar-refractivity contribution in [3.05, 3.63) is 0 Å². The maximum Gasteiger partial charge on any atom is 0.0466 e. The van der Waals surface area contributed by atoms with Gasteiger partial charge in [-0.2, -0.15) is 0 Å². The lowest BCUT2D eigenvalue weighted by molar-refractivity contribution is 0.124. The Morgan fingerprint density at radius 1 is 0.600 bits per heavy atom. The van der Waals surface area contributed by atoms with Gasteiger partial charge in [0.15, 0.2) is 0 Å². The highest BCUT2D eigenvalue weighted by Crippen LogP contribution is 2.34. The molecule has 0 amide bonds. The molecule has 0 radical (unpaired) electrons. The van der Waals surface area contributed by atoms with Crippen LogP contribution in [0.25, 0.3) is 0 Å². The second kappa shape index (κ2) is 13.2. The van der Waals surface area contributed by atoms with Crippen LogP contribution < -0.4 is 0 Å². The molecule has 2 aliphatic carbocycles. The molecule has 1 nitrogen and oxygen atoms in total. The third kappa shape index (κ3) is 8.94. The zero-order chi connectivity index (χ0) is 17.7. The van der Waals surface area contributed by atoms with Gasteiger partial charge in [0.1, 0.15) is 0 Å². The molecule has 1 heteroatoms. The van der Waals surface area contributed by atoms with Crippen molar-refractivity contribution >= 4 is 0 Å². The fourth-order valence-corrected chi connectivity index (χ4v) is 5.32. The van der Waals surface area contributed by atoms with Crippen LogP contribution >= 0.6 is 0 Å². The maximum atomic E-state index is 5.85. The number of rotatable bonds is 14. The number of unbranched alkanes of at least 4 members (excludes halogenated alkanes) is 4. The summed E-state index contributed by atoms with van der Waals surface area (Å²) in [4.78, 5) is 0. The molecule has 2 aliphatic rings. The topological polar surface area (TPSA) is 9.23 Å². The first-order chi connectivity index (χ1) is 12.3. The molecule has 0 aromatic rings. The molecule has 0 aliphatic heterocycles. The molecule has 25 heavy (non-hydrogen) atoms. The largest absolute Gasteiger partial charge is 0.381 e. The fraction of sp³-hybridized carbons (Fsp3) is 1.00. The van der Waals surface area contributed by atoms with E-state index in [4.69, 9.17) is 4.74 Å². The molecule has 2 unspecified atom stereocenters. The van der Waals surface area contributed by atoms with Crippen LogP contribution in [0.15, 0.2) is 0 Å². The molecule has 0 heterocycles. The molecule has 0 aromatic carbocycles. The van der Waals surface area contributed by atoms with E-state index in [0.717, 1.165) is 36.9 Å². The minimum Gasteiger partial charge on any atom is -0.381 e. The molecular weight excluding hydrogens is 304 g/mol. The summed E-state index contributed by atoms with van der Waals surface area (Å²) >= 11 is 0. The molecule has 0 N–H and O–H groups in total. The Morgan fingerprint density at radius 3 is 1.40 bits per heavy atom. The van der Waals surface area contributed by atoms with Crippen LogP contribution in [0.5, 0.6) is 0 Å². The first-order valence-electron chi connectivity index (χ1n) is 11.8. The summed E-state index contributed by atoms with van der Waals surface area (Å²) in [7, 11) is 0. The highest BCUT2D eigenvalue weighted by molar-refractivity contribution is 4.73. The SMILES string of the molecule is CC(CCCCCOCCCCCC(C)C1CCCC1)C1CCCC1. The minimum absolute atomic E-state index is 0.968. The average Bonchev–Trinajstić information content (AvgIpc) is 3.32. The van der Waals surface area contributed by atoms with Gasteiger partial charge in [0.2, 0.25) is 0 Å². The van der Waals surface area contributed by atoms with Gasteiger partial charge in [0.05, 0.1) is 0 Å². The van der Waals surface area contributed by atoms with Gasteiger partial charge in [0, 0.05) is 13.2 Å². The van der Waals surface area contributed by atoms with E-state index >= 15 is 0 Å². The summed E-state index contributed by atoms with van der Waals surface area (Å²) in [5.41, 5.74) is 0. The van der Waals surface area contributed by atoms with Gasteiger partial charge in [0.25, 0.3) is 0 Å². The van der Waals surface area contributed by atoms with Crippen LogP contribution in [-0.2, 0) is 4.74 Å². The van der Waals surface area contributed by atoms with Gasteiger partial charge < -0.3 is 4.74 Å². The van der Waals surface area contributed by atoms with Gasteiger partial charge in [-0.25, -0.2) is 0 Å². The number of ether oxygens (including phenoxy) is 1. The summed E-state index contributed by atoms with van der Waals surface area (Å²) < 4.78 is 5.85. The smallest absolute Gasteiger partial charge is 0.0466 e. The van der Waals surface area contributed by atoms with E-state index in [1.54, 1.807) is 0 Å². The minimum atomic E-state index is 0.968. The van der Waals surface area contributed by atoms with Crippen molar-refractivity contribution in [2.75, 3.05) is 13.2 Å². The molecule has 0 aromatic heterocycles. The Labute approximate surface area is 158 Å². The molecule has 2 atom stereocenters. The third-order valence-electron chi connectivity index (χ3n) is 7.31. The second-order valence-corrected chi connectivity index (χ2v) is 9.35. The predicted molar refractivity (Wildman–Crippen MR) is 110 cm³/mol. The van der Waals surface area contributed by atoms with E-state index in [-0.39, 0.29) is 0 Å². The van der Waals surface area contributed by atoms with Crippen molar-refractivity contribution in [3.8, 4) is 0 Å². The molecule has 2 saturated carbocycles. The highest BCUT2D eigenvalue weighted by atomic mass is 16.5.